The lowest BCUT2D eigenvalue weighted by Gasteiger charge is -2.35. The second-order valence-electron chi connectivity index (χ2n) is 9.45. The number of fused-ring (bicyclic) bond motifs is 2. The molecule has 9 heteroatoms. The Kier molecular flexibility index (Phi) is 6.84. The highest BCUT2D eigenvalue weighted by atomic mass is 35.5. The molecule has 190 valence electrons. The molecular weight excluding hydrogens is 496 g/mol. The van der Waals surface area contributed by atoms with Gasteiger partial charge in [0.15, 0.2) is 11.5 Å². The Balaban J connectivity index is 1.33. The van der Waals surface area contributed by atoms with Crippen LogP contribution in [0.3, 0.4) is 0 Å². The zero-order chi connectivity index (χ0) is 26.1. The van der Waals surface area contributed by atoms with Gasteiger partial charge in [-0.05, 0) is 78.6 Å². The van der Waals surface area contributed by atoms with Gasteiger partial charge >= 0.3 is 12.0 Å². The van der Waals surface area contributed by atoms with Crippen LogP contribution in [0.1, 0.15) is 36.8 Å². The molecule has 3 fully saturated rings. The summed E-state index contributed by atoms with van der Waals surface area (Å²) in [6.07, 6.45) is 8.21. The molecule has 3 atom stereocenters. The summed E-state index contributed by atoms with van der Waals surface area (Å²) in [6.45, 7) is 0. The normalized spacial score (nSPS) is 24.2. The third-order valence-corrected chi connectivity index (χ3v) is 7.41. The van der Waals surface area contributed by atoms with E-state index >= 15 is 0 Å². The number of urea groups is 1. The van der Waals surface area contributed by atoms with E-state index in [1.54, 1.807) is 42.5 Å². The van der Waals surface area contributed by atoms with Crippen LogP contribution in [0.2, 0.25) is 5.02 Å². The van der Waals surface area contributed by atoms with Crippen molar-refractivity contribution in [1.29, 1.82) is 0 Å². The van der Waals surface area contributed by atoms with E-state index < -0.39 is 23.8 Å². The van der Waals surface area contributed by atoms with Crippen LogP contribution in [-0.4, -0.2) is 41.9 Å². The van der Waals surface area contributed by atoms with Gasteiger partial charge in [-0.3, -0.25) is 19.8 Å². The SMILES string of the molecule is COc1cc(/C=C2\C(=O)NC(=O)N([C@H]3C[C@H]4CC[C@H]3C4)C2=O)ccc1OC(=O)/C=C/c1ccc(Cl)cc1. The molecule has 2 saturated carbocycles. The topological polar surface area (TPSA) is 102 Å². The summed E-state index contributed by atoms with van der Waals surface area (Å²) in [4.78, 5) is 51.9. The highest BCUT2D eigenvalue weighted by Gasteiger charge is 2.49. The predicted molar refractivity (Wildman–Crippen MR) is 137 cm³/mol. The first kappa shape index (κ1) is 24.8. The molecule has 0 radical (unpaired) electrons. The van der Waals surface area contributed by atoms with Crippen molar-refractivity contribution >= 4 is 47.6 Å². The molecular formula is C28H25ClN2O6. The summed E-state index contributed by atoms with van der Waals surface area (Å²) in [7, 11) is 1.42. The summed E-state index contributed by atoms with van der Waals surface area (Å²) < 4.78 is 10.8. The van der Waals surface area contributed by atoms with E-state index in [1.165, 1.54) is 30.2 Å². The van der Waals surface area contributed by atoms with E-state index in [1.807, 2.05) is 0 Å². The molecule has 1 saturated heterocycles. The van der Waals surface area contributed by atoms with E-state index in [4.69, 9.17) is 21.1 Å². The van der Waals surface area contributed by atoms with Crippen molar-refractivity contribution in [2.24, 2.45) is 11.8 Å². The fraction of sp³-hybridized carbons (Fsp3) is 0.286. The van der Waals surface area contributed by atoms with Gasteiger partial charge in [0.25, 0.3) is 11.8 Å². The van der Waals surface area contributed by atoms with Crippen molar-refractivity contribution in [3.05, 3.63) is 70.3 Å². The zero-order valence-electron chi connectivity index (χ0n) is 20.1. The van der Waals surface area contributed by atoms with Gasteiger partial charge in [0.1, 0.15) is 5.57 Å². The highest BCUT2D eigenvalue weighted by Crippen LogP contribution is 2.47. The second-order valence-corrected chi connectivity index (χ2v) is 9.89. The quantitative estimate of drug-likeness (QED) is 0.258. The largest absolute Gasteiger partial charge is 0.493 e. The van der Waals surface area contributed by atoms with E-state index in [0.717, 1.165) is 31.2 Å². The van der Waals surface area contributed by atoms with Crippen LogP contribution in [0.15, 0.2) is 54.1 Å². The van der Waals surface area contributed by atoms with Gasteiger partial charge in [-0.25, -0.2) is 9.59 Å². The van der Waals surface area contributed by atoms with Crippen molar-refractivity contribution in [1.82, 2.24) is 10.2 Å². The Bertz CT molecular complexity index is 1330. The fourth-order valence-corrected chi connectivity index (χ4v) is 5.53. The van der Waals surface area contributed by atoms with Gasteiger partial charge in [0, 0.05) is 17.1 Å². The average molecular weight is 521 g/mol. The minimum atomic E-state index is -0.740. The molecule has 2 bridgehead atoms. The number of halogens is 1. The smallest absolute Gasteiger partial charge is 0.336 e. The summed E-state index contributed by atoms with van der Waals surface area (Å²) in [5.41, 5.74) is 1.14. The Morgan fingerprint density at radius 1 is 1.03 bits per heavy atom. The number of methoxy groups -OCH3 is 1. The first-order chi connectivity index (χ1) is 17.8. The molecule has 3 aliphatic rings. The Hall–Kier alpha value is -3.91. The van der Waals surface area contributed by atoms with E-state index in [9.17, 15) is 19.2 Å². The molecule has 0 aromatic heterocycles. The maximum absolute atomic E-state index is 13.2. The molecule has 8 nitrogen and oxygen atoms in total. The molecule has 0 unspecified atom stereocenters. The van der Waals surface area contributed by atoms with Crippen molar-refractivity contribution < 1.29 is 28.7 Å². The monoisotopic (exact) mass is 520 g/mol. The maximum atomic E-state index is 13.2. The van der Waals surface area contributed by atoms with Crippen LogP contribution in [0.4, 0.5) is 4.79 Å². The van der Waals surface area contributed by atoms with Crippen molar-refractivity contribution in [2.45, 2.75) is 31.7 Å². The Morgan fingerprint density at radius 2 is 1.78 bits per heavy atom. The summed E-state index contributed by atoms with van der Waals surface area (Å²) in [5.74, 6) is -0.704. The first-order valence-electron chi connectivity index (χ1n) is 12.1. The standard InChI is InChI=1S/C28H25ClN2O6/c1-36-24-15-18(5-10-23(24)37-25(32)11-6-16-3-8-20(29)9-4-16)13-21-26(33)30-28(35)31(27(21)34)22-14-17-2-7-19(22)12-17/h3-6,8-11,13,15,17,19,22H,2,7,12,14H2,1H3,(H,30,33,35)/b11-6+,21-13+/t17-,19-,22-/m0/s1. The zero-order valence-corrected chi connectivity index (χ0v) is 20.9. The van der Waals surface area contributed by atoms with Crippen molar-refractivity contribution in [3.63, 3.8) is 0 Å². The number of imide groups is 2. The lowest BCUT2D eigenvalue weighted by molar-refractivity contribution is -0.132. The van der Waals surface area contributed by atoms with Gasteiger partial charge in [0.05, 0.1) is 7.11 Å². The van der Waals surface area contributed by atoms with E-state index in [2.05, 4.69) is 5.32 Å². The molecule has 1 N–H and O–H groups in total. The molecule has 0 spiro atoms. The first-order valence-corrected chi connectivity index (χ1v) is 12.4. The van der Waals surface area contributed by atoms with Crippen LogP contribution < -0.4 is 14.8 Å². The number of amides is 4. The van der Waals surface area contributed by atoms with Crippen LogP contribution in [-0.2, 0) is 14.4 Å². The number of carbonyl (C=O) groups excluding carboxylic acids is 4. The number of hydrogen-bond donors (Lipinski definition) is 1. The van der Waals surface area contributed by atoms with Crippen molar-refractivity contribution in [3.8, 4) is 11.5 Å². The second kappa shape index (κ2) is 10.2. The minimum Gasteiger partial charge on any atom is -0.493 e. The molecule has 37 heavy (non-hydrogen) atoms. The number of esters is 1. The molecule has 1 heterocycles. The van der Waals surface area contributed by atoms with Crippen LogP contribution in [0.5, 0.6) is 11.5 Å². The number of carbonyl (C=O) groups is 4. The van der Waals surface area contributed by atoms with E-state index in [0.29, 0.717) is 16.5 Å². The predicted octanol–water partition coefficient (Wildman–Crippen LogP) is 4.62. The number of hydrogen-bond acceptors (Lipinski definition) is 6. The summed E-state index contributed by atoms with van der Waals surface area (Å²) in [5, 5.41) is 2.90. The molecule has 2 aromatic rings. The number of benzene rings is 2. The van der Waals surface area contributed by atoms with Gasteiger partial charge in [-0.15, -0.1) is 0 Å². The van der Waals surface area contributed by atoms with Crippen molar-refractivity contribution in [2.75, 3.05) is 7.11 Å². The highest BCUT2D eigenvalue weighted by molar-refractivity contribution is 6.31. The number of ether oxygens (including phenoxy) is 2. The summed E-state index contributed by atoms with van der Waals surface area (Å²) >= 11 is 5.87. The number of nitrogens with one attached hydrogen (secondary N) is 1. The van der Waals surface area contributed by atoms with Crippen LogP contribution >= 0.6 is 11.6 Å². The minimum absolute atomic E-state index is 0.125. The Labute approximate surface area is 218 Å². The number of rotatable bonds is 6. The molecule has 2 aliphatic carbocycles. The Morgan fingerprint density at radius 3 is 2.46 bits per heavy atom. The van der Waals surface area contributed by atoms with Gasteiger partial charge in [0.2, 0.25) is 0 Å². The lowest BCUT2D eigenvalue weighted by atomic mass is 9.93. The number of nitrogens with zero attached hydrogens (tertiary/aromatic N) is 1. The summed E-state index contributed by atoms with van der Waals surface area (Å²) in [6, 6.07) is 10.8. The molecule has 5 rings (SSSR count). The molecule has 2 aromatic carbocycles. The number of barbiturate groups is 1. The lowest BCUT2D eigenvalue weighted by Crippen LogP contribution is -2.58. The third kappa shape index (κ3) is 5.15. The van der Waals surface area contributed by atoms with Gasteiger partial charge < -0.3 is 9.47 Å². The van der Waals surface area contributed by atoms with Gasteiger partial charge in [-0.2, -0.15) is 0 Å². The van der Waals surface area contributed by atoms with Crippen LogP contribution in [0.25, 0.3) is 12.2 Å². The van der Waals surface area contributed by atoms with Gasteiger partial charge in [-0.1, -0.05) is 36.2 Å². The average Bonchev–Trinajstić information content (AvgIpc) is 3.51. The maximum Gasteiger partial charge on any atom is 0.336 e. The fourth-order valence-electron chi connectivity index (χ4n) is 5.41. The molecule has 4 amide bonds. The molecule has 1 aliphatic heterocycles. The third-order valence-electron chi connectivity index (χ3n) is 7.16. The van der Waals surface area contributed by atoms with Crippen LogP contribution in [0, 0.1) is 11.8 Å². The van der Waals surface area contributed by atoms with E-state index in [-0.39, 0.29) is 29.0 Å².